The summed E-state index contributed by atoms with van der Waals surface area (Å²) in [5.74, 6) is 1.05. The molecule has 2 aromatic rings. The molecule has 0 spiro atoms. The molecular weight excluding hydrogens is 805 g/mol. The van der Waals surface area contributed by atoms with E-state index in [0.29, 0.717) is 37.0 Å². The quantitative estimate of drug-likeness (QED) is 0.111. The first-order valence-electron chi connectivity index (χ1n) is 18.6. The van der Waals surface area contributed by atoms with E-state index >= 15 is 0 Å². The van der Waals surface area contributed by atoms with Gasteiger partial charge in [-0.25, -0.2) is 0 Å². The number of benzene rings is 2. The monoisotopic (exact) mass is 895 g/mol. The zero-order valence-corrected chi connectivity index (χ0v) is 36.9. The Labute approximate surface area is 361 Å². The maximum absolute atomic E-state index is 10.9. The zero-order valence-electron chi connectivity index (χ0n) is 32.9. The van der Waals surface area contributed by atoms with Crippen LogP contribution < -0.4 is 10.4 Å². The highest BCUT2D eigenvalue weighted by molar-refractivity contribution is 6.90. The van der Waals surface area contributed by atoms with Crippen LogP contribution in [0.5, 0.6) is 0 Å². The minimum atomic E-state index is -3.25. The molecule has 0 radical (unpaired) electrons. The third-order valence-electron chi connectivity index (χ3n) is 10.9. The Bertz CT molecular complexity index is 1270. The SMILES string of the molecule is C.C.C.C.C.C.CO[Si](C)(OC)c1ccccc1.CO[Si](CCC1CCC2OC2C1)(OC)OC.CO[Si](O)(CCC1CCC(O)C(O)C1)O[Si](C)(C)c1ccccc1. The Morgan fingerprint density at radius 1 is 0.552 bits per heavy atom. The second-order valence-electron chi connectivity index (χ2n) is 14.7. The van der Waals surface area contributed by atoms with E-state index in [-0.39, 0.29) is 44.6 Å². The van der Waals surface area contributed by atoms with Crippen LogP contribution in [0.25, 0.3) is 0 Å². The molecule has 1 saturated heterocycles. The molecule has 58 heavy (non-hydrogen) atoms. The van der Waals surface area contributed by atoms with Gasteiger partial charge in [0.1, 0.15) is 0 Å². The molecule has 15 heteroatoms. The lowest BCUT2D eigenvalue weighted by atomic mass is 9.84. The maximum atomic E-state index is 10.9. The van der Waals surface area contributed by atoms with Gasteiger partial charge in [0, 0.05) is 54.7 Å². The van der Waals surface area contributed by atoms with Gasteiger partial charge < -0.3 is 50.4 Å². The maximum Gasteiger partial charge on any atom is 0.500 e. The van der Waals surface area contributed by atoms with E-state index in [9.17, 15) is 15.0 Å². The fourth-order valence-electron chi connectivity index (χ4n) is 7.10. The predicted octanol–water partition coefficient (Wildman–Crippen LogP) is 8.50. The van der Waals surface area contributed by atoms with Crippen molar-refractivity contribution in [3.05, 3.63) is 60.7 Å². The Morgan fingerprint density at radius 2 is 1.02 bits per heavy atom. The van der Waals surface area contributed by atoms with E-state index in [1.54, 1.807) is 35.5 Å². The third kappa shape index (κ3) is 19.3. The van der Waals surface area contributed by atoms with Crippen molar-refractivity contribution >= 4 is 44.9 Å². The van der Waals surface area contributed by atoms with E-state index in [2.05, 4.69) is 13.1 Å². The smallest absolute Gasteiger partial charge is 0.411 e. The van der Waals surface area contributed by atoms with Crippen LogP contribution in [0.4, 0.5) is 0 Å². The fourth-order valence-corrected chi connectivity index (χ4v) is 16.8. The van der Waals surface area contributed by atoms with Crippen LogP contribution in [0.1, 0.15) is 95.9 Å². The lowest BCUT2D eigenvalue weighted by molar-refractivity contribution is -0.0262. The zero-order chi connectivity index (χ0) is 38.4. The van der Waals surface area contributed by atoms with Crippen LogP contribution in [-0.4, -0.2) is 117 Å². The van der Waals surface area contributed by atoms with E-state index in [1.807, 2.05) is 67.2 Å². The van der Waals surface area contributed by atoms with E-state index in [0.717, 1.165) is 41.6 Å². The lowest BCUT2D eigenvalue weighted by Gasteiger charge is -2.35. The summed E-state index contributed by atoms with van der Waals surface area (Å²) in [6.07, 6.45) is 7.55. The summed E-state index contributed by atoms with van der Waals surface area (Å²) in [7, 11) is 0.0307. The van der Waals surface area contributed by atoms with Crippen LogP contribution in [0.3, 0.4) is 0 Å². The molecule has 1 aliphatic heterocycles. The number of aliphatic hydroxyl groups is 2. The summed E-state index contributed by atoms with van der Waals surface area (Å²) in [4.78, 5) is 10.9. The number of hydrogen-bond donors (Lipinski definition) is 3. The van der Waals surface area contributed by atoms with Crippen LogP contribution >= 0.6 is 0 Å². The van der Waals surface area contributed by atoms with Gasteiger partial charge in [-0.05, 0) is 93.2 Å². The van der Waals surface area contributed by atoms with Crippen molar-refractivity contribution in [1.29, 1.82) is 0 Å². The first kappa shape index (κ1) is 63.5. The van der Waals surface area contributed by atoms with Crippen LogP contribution in [0.2, 0.25) is 31.7 Å². The second kappa shape index (κ2) is 30.0. The molecule has 7 unspecified atom stereocenters. The molecule has 0 aromatic heterocycles. The molecule has 7 atom stereocenters. The van der Waals surface area contributed by atoms with Gasteiger partial charge in [-0.3, -0.25) is 0 Å². The Balaban J connectivity index is -0.000000378. The van der Waals surface area contributed by atoms with Gasteiger partial charge in [0.25, 0.3) is 0 Å². The largest absolute Gasteiger partial charge is 0.500 e. The molecule has 2 saturated carbocycles. The van der Waals surface area contributed by atoms with Crippen molar-refractivity contribution in [2.24, 2.45) is 11.8 Å². The number of rotatable bonds is 16. The van der Waals surface area contributed by atoms with Crippen molar-refractivity contribution < 1.29 is 50.4 Å². The topological polar surface area (TPSA) is 138 Å². The van der Waals surface area contributed by atoms with Gasteiger partial charge in [0.15, 0.2) is 0 Å². The van der Waals surface area contributed by atoms with Crippen molar-refractivity contribution in [1.82, 2.24) is 0 Å². The molecule has 3 fully saturated rings. The number of fused-ring (bicyclic) bond motifs is 1. The average molecular weight is 896 g/mol. The highest BCUT2D eigenvalue weighted by Gasteiger charge is 2.46. The summed E-state index contributed by atoms with van der Waals surface area (Å²) < 4.78 is 44.2. The van der Waals surface area contributed by atoms with E-state index in [1.165, 1.54) is 26.4 Å². The normalized spacial score (nSPS) is 23.1. The lowest BCUT2D eigenvalue weighted by Crippen LogP contribution is -2.56. The molecule has 3 N–H and O–H groups in total. The minimum absolute atomic E-state index is 0. The number of epoxide rings is 1. The highest BCUT2D eigenvalue weighted by atomic mass is 28.5. The van der Waals surface area contributed by atoms with Gasteiger partial charge >= 0.3 is 26.2 Å². The molecule has 0 amide bonds. The van der Waals surface area contributed by atoms with Crippen LogP contribution in [0.15, 0.2) is 60.7 Å². The fraction of sp³-hybridized carbons (Fsp3) is 0.721. The van der Waals surface area contributed by atoms with E-state index in [4.69, 9.17) is 35.4 Å². The molecule has 0 bridgehead atoms. The Hall–Kier alpha value is -1.13. The van der Waals surface area contributed by atoms with Crippen molar-refractivity contribution in [2.75, 3.05) is 42.7 Å². The third-order valence-corrected chi connectivity index (χ3v) is 23.2. The number of ether oxygens (including phenoxy) is 1. The average Bonchev–Trinajstić information content (AvgIpc) is 3.96. The second-order valence-corrected chi connectivity index (χ2v) is 27.8. The summed E-state index contributed by atoms with van der Waals surface area (Å²) >= 11 is 0. The highest BCUT2D eigenvalue weighted by Crippen LogP contribution is 2.41. The van der Waals surface area contributed by atoms with Gasteiger partial charge in [0.05, 0.1) is 24.4 Å². The molecule has 2 aromatic carbocycles. The molecule has 1 heterocycles. The van der Waals surface area contributed by atoms with Gasteiger partial charge in [0.2, 0.25) is 8.32 Å². The molecule has 5 rings (SSSR count). The molecular formula is C43H90O11Si4. The molecule has 11 nitrogen and oxygen atoms in total. The number of hydrogen-bond acceptors (Lipinski definition) is 11. The van der Waals surface area contributed by atoms with Gasteiger partial charge in [-0.1, -0.05) is 105 Å². The number of aliphatic hydroxyl groups excluding tert-OH is 2. The van der Waals surface area contributed by atoms with Gasteiger partial charge in [-0.2, -0.15) is 0 Å². The molecule has 3 aliphatic rings. The van der Waals surface area contributed by atoms with E-state index < -0.39 is 46.7 Å². The minimum Gasteiger partial charge on any atom is -0.411 e. The Kier molecular flexibility index (Phi) is 32.9. The van der Waals surface area contributed by atoms with Crippen molar-refractivity contribution in [2.45, 2.75) is 152 Å². The van der Waals surface area contributed by atoms with Crippen LogP contribution in [0, 0.1) is 11.8 Å². The summed E-state index contributed by atoms with van der Waals surface area (Å²) in [5, 5.41) is 21.7. The summed E-state index contributed by atoms with van der Waals surface area (Å²) in [6, 6.07) is 21.5. The first-order chi connectivity index (χ1) is 24.7. The van der Waals surface area contributed by atoms with Crippen molar-refractivity contribution in [3.8, 4) is 0 Å². The van der Waals surface area contributed by atoms with Crippen LogP contribution in [-0.2, 0) is 35.4 Å². The van der Waals surface area contributed by atoms with Gasteiger partial charge in [-0.15, -0.1) is 0 Å². The molecule has 2 aliphatic carbocycles. The first-order valence-corrected chi connectivity index (χ1v) is 27.7. The van der Waals surface area contributed by atoms with Crippen molar-refractivity contribution in [3.63, 3.8) is 0 Å². The summed E-state index contributed by atoms with van der Waals surface area (Å²) in [6.45, 7) is 6.17. The predicted molar refractivity (Wildman–Crippen MR) is 253 cm³/mol. The standard InChI is InChI=1S/C17H30O5Si2.C11H22O4Si.C9H14O2Si.6CH4/c1-21-24(20,12-11-14-9-10-16(18)17(19)13-14)22-23(2,3)15-7-5-4-6-8-15;1-12-16(13-2,14-3)7-6-9-4-5-10-11(8-9)15-10;1-10-12(3,11-2)9-7-5-4-6-8-9;;;;;;/h4-8,14,16-20H,9-13H2,1-3H3;9-11H,4-8H2,1-3H3;4-8H,1-3H3;6*1H4. The Morgan fingerprint density at radius 3 is 1.47 bits per heavy atom. The summed E-state index contributed by atoms with van der Waals surface area (Å²) in [5.41, 5.74) is 0. The molecule has 344 valence electrons.